The summed E-state index contributed by atoms with van der Waals surface area (Å²) in [5.41, 5.74) is 2.60. The van der Waals surface area contributed by atoms with E-state index in [-0.39, 0.29) is 0 Å². The highest BCUT2D eigenvalue weighted by Gasteiger charge is 2.05. The largest absolute Gasteiger partial charge is 0.371 e. The third-order valence-electron chi connectivity index (χ3n) is 2.54. The van der Waals surface area contributed by atoms with Crippen molar-refractivity contribution in [2.24, 2.45) is 0 Å². The molecule has 0 fully saturated rings. The number of benzene rings is 1. The maximum atomic E-state index is 5.95. The Hall–Kier alpha value is -1.21. The topological polar surface area (TPSA) is 3.24 Å². The van der Waals surface area contributed by atoms with Crippen LogP contribution in [0.15, 0.2) is 48.1 Å². The van der Waals surface area contributed by atoms with Crippen molar-refractivity contribution >= 4 is 17.3 Å². The Morgan fingerprint density at radius 2 is 2.27 bits per heavy atom. The van der Waals surface area contributed by atoms with Gasteiger partial charge in [0.25, 0.3) is 0 Å². The van der Waals surface area contributed by atoms with Gasteiger partial charge in [0.2, 0.25) is 0 Å². The summed E-state index contributed by atoms with van der Waals surface area (Å²) in [5, 5.41) is 0.790. The fraction of sp³-hybridized carbons (Fsp3) is 0.231. The Bertz CT molecular complexity index is 407. The smallest absolute Gasteiger partial charge is 0.0426 e. The van der Waals surface area contributed by atoms with Crippen LogP contribution in [0.25, 0.3) is 0 Å². The highest BCUT2D eigenvalue weighted by molar-refractivity contribution is 6.30. The minimum atomic E-state index is 0.790. The van der Waals surface area contributed by atoms with Crippen LogP contribution >= 0.6 is 11.6 Å². The molecule has 0 spiro atoms. The molecule has 0 amide bonds. The highest BCUT2D eigenvalue weighted by atomic mass is 35.5. The lowest BCUT2D eigenvalue weighted by atomic mass is 10.2. The first-order chi connectivity index (χ1) is 7.25. The van der Waals surface area contributed by atoms with Crippen molar-refractivity contribution in [3.05, 3.63) is 53.1 Å². The molecule has 0 atom stereocenters. The average Bonchev–Trinajstić information content (AvgIpc) is 2.70. The van der Waals surface area contributed by atoms with Gasteiger partial charge in [-0.1, -0.05) is 35.9 Å². The fourth-order valence-electron chi connectivity index (χ4n) is 1.72. The molecule has 1 aromatic carbocycles. The lowest BCUT2D eigenvalue weighted by molar-refractivity contribution is 0.961. The second-order valence-corrected chi connectivity index (χ2v) is 4.23. The van der Waals surface area contributed by atoms with Crippen LogP contribution < -0.4 is 4.90 Å². The SMILES string of the molecule is CN(CC1=CC=CC1)c1cccc(Cl)c1. The van der Waals surface area contributed by atoms with Gasteiger partial charge in [-0.15, -0.1) is 0 Å². The molecule has 1 nitrogen and oxygen atoms in total. The van der Waals surface area contributed by atoms with Crippen molar-refractivity contribution < 1.29 is 0 Å². The zero-order valence-electron chi connectivity index (χ0n) is 8.78. The fourth-order valence-corrected chi connectivity index (χ4v) is 1.90. The number of halogens is 1. The number of nitrogens with zero attached hydrogens (tertiary/aromatic N) is 1. The summed E-state index contributed by atoms with van der Waals surface area (Å²) in [6.07, 6.45) is 7.55. The van der Waals surface area contributed by atoms with Crippen molar-refractivity contribution in [2.75, 3.05) is 18.5 Å². The molecule has 0 heterocycles. The molecule has 0 unspecified atom stereocenters. The summed E-state index contributed by atoms with van der Waals surface area (Å²) in [5.74, 6) is 0. The zero-order valence-corrected chi connectivity index (χ0v) is 9.54. The normalized spacial score (nSPS) is 14.1. The van der Waals surface area contributed by atoms with Crippen LogP contribution in [0.2, 0.25) is 5.02 Å². The van der Waals surface area contributed by atoms with E-state index >= 15 is 0 Å². The molecule has 15 heavy (non-hydrogen) atoms. The molecular formula is C13H14ClN. The Labute approximate surface area is 95.7 Å². The summed E-state index contributed by atoms with van der Waals surface area (Å²) in [7, 11) is 2.09. The Morgan fingerprint density at radius 3 is 2.93 bits per heavy atom. The van der Waals surface area contributed by atoms with E-state index in [0.717, 1.165) is 23.7 Å². The van der Waals surface area contributed by atoms with E-state index in [0.29, 0.717) is 0 Å². The first-order valence-electron chi connectivity index (χ1n) is 5.07. The van der Waals surface area contributed by atoms with E-state index in [4.69, 9.17) is 11.6 Å². The summed E-state index contributed by atoms with van der Waals surface area (Å²) < 4.78 is 0. The summed E-state index contributed by atoms with van der Waals surface area (Å²) in [6, 6.07) is 7.95. The number of rotatable bonds is 3. The zero-order chi connectivity index (χ0) is 10.7. The van der Waals surface area contributed by atoms with Crippen LogP contribution in [0.5, 0.6) is 0 Å². The second-order valence-electron chi connectivity index (χ2n) is 3.79. The average molecular weight is 220 g/mol. The molecule has 0 radical (unpaired) electrons. The van der Waals surface area contributed by atoms with Gasteiger partial charge in [0.05, 0.1) is 0 Å². The molecule has 0 bridgehead atoms. The first-order valence-corrected chi connectivity index (χ1v) is 5.45. The van der Waals surface area contributed by atoms with Crippen molar-refractivity contribution in [3.63, 3.8) is 0 Å². The van der Waals surface area contributed by atoms with E-state index in [1.807, 2.05) is 18.2 Å². The van der Waals surface area contributed by atoms with Gasteiger partial charge in [-0.3, -0.25) is 0 Å². The van der Waals surface area contributed by atoms with Crippen LogP contribution in [-0.4, -0.2) is 13.6 Å². The monoisotopic (exact) mass is 219 g/mol. The molecule has 0 aromatic heterocycles. The Balaban J connectivity index is 2.04. The highest BCUT2D eigenvalue weighted by Crippen LogP contribution is 2.20. The molecule has 0 N–H and O–H groups in total. The van der Waals surface area contributed by atoms with E-state index in [9.17, 15) is 0 Å². The predicted molar refractivity (Wildman–Crippen MR) is 66.6 cm³/mol. The molecule has 1 aromatic rings. The maximum absolute atomic E-state index is 5.95. The van der Waals surface area contributed by atoms with Gasteiger partial charge in [0, 0.05) is 24.3 Å². The predicted octanol–water partition coefficient (Wildman–Crippen LogP) is 3.66. The molecule has 1 aliphatic carbocycles. The number of likely N-dealkylation sites (N-methyl/N-ethyl adjacent to an activating group) is 1. The molecule has 0 saturated heterocycles. The van der Waals surface area contributed by atoms with Crippen molar-refractivity contribution in [1.29, 1.82) is 0 Å². The lowest BCUT2D eigenvalue weighted by Gasteiger charge is -2.20. The minimum Gasteiger partial charge on any atom is -0.371 e. The quantitative estimate of drug-likeness (QED) is 0.750. The number of allylic oxidation sites excluding steroid dienone is 3. The third-order valence-corrected chi connectivity index (χ3v) is 2.77. The molecular weight excluding hydrogens is 206 g/mol. The summed E-state index contributed by atoms with van der Waals surface area (Å²) in [6.45, 7) is 0.966. The van der Waals surface area contributed by atoms with Crippen LogP contribution in [0.4, 0.5) is 5.69 Å². The summed E-state index contributed by atoms with van der Waals surface area (Å²) >= 11 is 5.95. The molecule has 2 rings (SSSR count). The van der Waals surface area contributed by atoms with E-state index in [1.54, 1.807) is 0 Å². The maximum Gasteiger partial charge on any atom is 0.0426 e. The van der Waals surface area contributed by atoms with E-state index < -0.39 is 0 Å². The minimum absolute atomic E-state index is 0.790. The summed E-state index contributed by atoms with van der Waals surface area (Å²) in [4.78, 5) is 2.21. The van der Waals surface area contributed by atoms with Gasteiger partial charge >= 0.3 is 0 Å². The van der Waals surface area contributed by atoms with Gasteiger partial charge in [0.1, 0.15) is 0 Å². The van der Waals surface area contributed by atoms with E-state index in [1.165, 1.54) is 5.57 Å². The van der Waals surface area contributed by atoms with Crippen LogP contribution in [0, 0.1) is 0 Å². The van der Waals surface area contributed by atoms with Crippen LogP contribution in [-0.2, 0) is 0 Å². The number of hydrogen-bond donors (Lipinski definition) is 0. The third kappa shape index (κ3) is 2.63. The molecule has 2 heteroatoms. The van der Waals surface area contributed by atoms with Crippen molar-refractivity contribution in [1.82, 2.24) is 0 Å². The van der Waals surface area contributed by atoms with Crippen LogP contribution in [0.1, 0.15) is 6.42 Å². The standard InChI is InChI=1S/C13H14ClN/c1-15(10-11-5-2-3-6-11)13-8-4-7-12(14)9-13/h2-5,7-9H,6,10H2,1H3. The van der Waals surface area contributed by atoms with Gasteiger partial charge < -0.3 is 4.90 Å². The Morgan fingerprint density at radius 1 is 1.40 bits per heavy atom. The molecule has 1 aliphatic rings. The van der Waals surface area contributed by atoms with Crippen LogP contribution in [0.3, 0.4) is 0 Å². The molecule has 0 aliphatic heterocycles. The van der Waals surface area contributed by atoms with Gasteiger partial charge in [0.15, 0.2) is 0 Å². The lowest BCUT2D eigenvalue weighted by Crippen LogP contribution is -2.19. The number of anilines is 1. The van der Waals surface area contributed by atoms with E-state index in [2.05, 4.69) is 36.2 Å². The molecule has 0 saturated carbocycles. The second kappa shape index (κ2) is 4.54. The Kier molecular flexibility index (Phi) is 3.12. The first kappa shape index (κ1) is 10.3. The van der Waals surface area contributed by atoms with Gasteiger partial charge in [-0.25, -0.2) is 0 Å². The van der Waals surface area contributed by atoms with Crippen molar-refractivity contribution in [3.8, 4) is 0 Å². The van der Waals surface area contributed by atoms with Gasteiger partial charge in [-0.2, -0.15) is 0 Å². The van der Waals surface area contributed by atoms with Gasteiger partial charge in [-0.05, 0) is 30.2 Å². The molecule has 78 valence electrons. The van der Waals surface area contributed by atoms with Crippen molar-refractivity contribution in [2.45, 2.75) is 6.42 Å². The number of hydrogen-bond acceptors (Lipinski definition) is 1.